The van der Waals surface area contributed by atoms with Crippen LogP contribution in [-0.2, 0) is 10.3 Å². The van der Waals surface area contributed by atoms with Gasteiger partial charge in [0.25, 0.3) is 0 Å². The normalized spacial score (nSPS) is 26.8. The second-order valence-electron chi connectivity index (χ2n) is 5.99. The van der Waals surface area contributed by atoms with Crippen molar-refractivity contribution in [2.45, 2.75) is 58.1 Å². The predicted octanol–water partition coefficient (Wildman–Crippen LogP) is 2.44. The van der Waals surface area contributed by atoms with Gasteiger partial charge < -0.3 is 14.6 Å². The molecule has 2 heterocycles. The Hall–Kier alpha value is -0.940. The molecule has 3 unspecified atom stereocenters. The lowest BCUT2D eigenvalue weighted by atomic mass is 9.89. The van der Waals surface area contributed by atoms with Crippen molar-refractivity contribution >= 4 is 0 Å². The quantitative estimate of drug-likeness (QED) is 0.888. The van der Waals surface area contributed by atoms with E-state index in [2.05, 4.69) is 36.2 Å². The van der Waals surface area contributed by atoms with Gasteiger partial charge in [-0.1, -0.05) is 19.0 Å². The van der Waals surface area contributed by atoms with E-state index in [-0.39, 0.29) is 11.5 Å². The van der Waals surface area contributed by atoms with Gasteiger partial charge in [-0.2, -0.15) is 4.98 Å². The Labute approximate surface area is 115 Å². The Bertz CT molecular complexity index is 411. The third-order valence-electron chi connectivity index (χ3n) is 4.13. The van der Waals surface area contributed by atoms with Gasteiger partial charge in [0.2, 0.25) is 11.7 Å². The lowest BCUT2D eigenvalue weighted by Gasteiger charge is -2.23. The van der Waals surface area contributed by atoms with E-state index in [0.717, 1.165) is 19.4 Å². The molecule has 1 N–H and O–H groups in total. The number of likely N-dealkylation sites (N-methyl/N-ethyl adjacent to an activating group) is 1. The number of hydrogen-bond acceptors (Lipinski definition) is 5. The molecule has 19 heavy (non-hydrogen) atoms. The van der Waals surface area contributed by atoms with E-state index in [4.69, 9.17) is 9.26 Å². The summed E-state index contributed by atoms with van der Waals surface area (Å²) in [6, 6.07) is 0.297. The third kappa shape index (κ3) is 2.82. The minimum absolute atomic E-state index is 0.219. The Kier molecular flexibility index (Phi) is 4.26. The molecule has 0 amide bonds. The highest BCUT2D eigenvalue weighted by molar-refractivity contribution is 5.06. The van der Waals surface area contributed by atoms with Crippen molar-refractivity contribution < 1.29 is 9.26 Å². The topological polar surface area (TPSA) is 60.2 Å². The zero-order valence-corrected chi connectivity index (χ0v) is 12.6. The molecule has 108 valence electrons. The van der Waals surface area contributed by atoms with Crippen LogP contribution in [-0.4, -0.2) is 29.8 Å². The van der Waals surface area contributed by atoms with Gasteiger partial charge in [-0.05, 0) is 39.7 Å². The summed E-state index contributed by atoms with van der Waals surface area (Å²) in [7, 11) is 1.96. The number of ether oxygens (including phenoxy) is 1. The zero-order chi connectivity index (χ0) is 14.0. The van der Waals surface area contributed by atoms with E-state index < -0.39 is 0 Å². The van der Waals surface area contributed by atoms with Crippen LogP contribution in [0.1, 0.15) is 58.2 Å². The SMILES string of the molecule is CNC(C)C(c1nc(C2(C)CCCO2)no1)C(C)C. The summed E-state index contributed by atoms with van der Waals surface area (Å²) in [4.78, 5) is 4.61. The lowest BCUT2D eigenvalue weighted by molar-refractivity contribution is 0.00768. The van der Waals surface area contributed by atoms with Gasteiger partial charge in [0.15, 0.2) is 0 Å². The minimum atomic E-state index is -0.369. The summed E-state index contributed by atoms with van der Waals surface area (Å²) < 4.78 is 11.3. The molecule has 2 rings (SSSR count). The highest BCUT2D eigenvalue weighted by Crippen LogP contribution is 2.35. The number of rotatable bonds is 5. The van der Waals surface area contributed by atoms with E-state index in [1.54, 1.807) is 0 Å². The molecular formula is C14H25N3O2. The first kappa shape index (κ1) is 14.5. The second kappa shape index (κ2) is 5.59. The molecule has 0 radical (unpaired) electrons. The fraction of sp³-hybridized carbons (Fsp3) is 0.857. The molecular weight excluding hydrogens is 242 g/mol. The molecule has 0 aliphatic carbocycles. The molecule has 1 aromatic rings. The zero-order valence-electron chi connectivity index (χ0n) is 12.6. The highest BCUT2D eigenvalue weighted by atomic mass is 16.5. The van der Waals surface area contributed by atoms with Gasteiger partial charge in [0.1, 0.15) is 5.60 Å². The first-order valence-electron chi connectivity index (χ1n) is 7.13. The van der Waals surface area contributed by atoms with E-state index in [1.807, 2.05) is 14.0 Å². The number of nitrogens with one attached hydrogen (secondary N) is 1. The van der Waals surface area contributed by atoms with E-state index in [0.29, 0.717) is 23.7 Å². The predicted molar refractivity (Wildman–Crippen MR) is 72.9 cm³/mol. The van der Waals surface area contributed by atoms with Crippen LogP contribution >= 0.6 is 0 Å². The molecule has 0 spiro atoms. The molecule has 5 heteroatoms. The minimum Gasteiger partial charge on any atom is -0.367 e. The second-order valence-corrected chi connectivity index (χ2v) is 5.99. The van der Waals surface area contributed by atoms with Gasteiger partial charge >= 0.3 is 0 Å². The summed E-state index contributed by atoms with van der Waals surface area (Å²) in [5, 5.41) is 7.43. The standard InChI is InChI=1S/C14H25N3O2/c1-9(2)11(10(3)15-5)12-16-13(17-19-12)14(4)7-6-8-18-14/h9-11,15H,6-8H2,1-5H3. The molecule has 0 saturated carbocycles. The molecule has 1 aliphatic heterocycles. The molecule has 0 bridgehead atoms. The summed E-state index contributed by atoms with van der Waals surface area (Å²) in [5.74, 6) is 2.06. The molecule has 1 aromatic heterocycles. The molecule has 3 atom stereocenters. The van der Waals surface area contributed by atoms with Crippen LogP contribution in [0, 0.1) is 5.92 Å². The molecule has 1 aliphatic rings. The van der Waals surface area contributed by atoms with Gasteiger partial charge in [-0.3, -0.25) is 0 Å². The van der Waals surface area contributed by atoms with Gasteiger partial charge in [-0.15, -0.1) is 0 Å². The van der Waals surface area contributed by atoms with E-state index in [1.165, 1.54) is 0 Å². The van der Waals surface area contributed by atoms with Gasteiger partial charge in [0, 0.05) is 12.6 Å². The monoisotopic (exact) mass is 267 g/mol. The van der Waals surface area contributed by atoms with Crippen LogP contribution in [0.25, 0.3) is 0 Å². The van der Waals surface area contributed by atoms with Crippen LogP contribution in [0.4, 0.5) is 0 Å². The molecule has 1 saturated heterocycles. The molecule has 1 fully saturated rings. The van der Waals surface area contributed by atoms with Crippen LogP contribution in [0.2, 0.25) is 0 Å². The summed E-state index contributed by atoms with van der Waals surface area (Å²) in [6.45, 7) is 9.32. The highest BCUT2D eigenvalue weighted by Gasteiger charge is 2.38. The Morgan fingerprint density at radius 2 is 2.05 bits per heavy atom. The molecule has 0 aromatic carbocycles. The number of aromatic nitrogens is 2. The fourth-order valence-electron chi connectivity index (χ4n) is 2.80. The van der Waals surface area contributed by atoms with Crippen molar-refractivity contribution in [3.8, 4) is 0 Å². The van der Waals surface area contributed by atoms with Crippen molar-refractivity contribution in [3.63, 3.8) is 0 Å². The van der Waals surface area contributed by atoms with Crippen molar-refractivity contribution in [3.05, 3.63) is 11.7 Å². The fourth-order valence-corrected chi connectivity index (χ4v) is 2.80. The van der Waals surface area contributed by atoms with Crippen molar-refractivity contribution in [2.75, 3.05) is 13.7 Å². The Balaban J connectivity index is 2.23. The number of hydrogen-bond donors (Lipinski definition) is 1. The van der Waals surface area contributed by atoms with Crippen LogP contribution in [0.15, 0.2) is 4.52 Å². The smallest absolute Gasteiger partial charge is 0.231 e. The largest absolute Gasteiger partial charge is 0.367 e. The summed E-state index contributed by atoms with van der Waals surface area (Å²) in [5.41, 5.74) is -0.369. The van der Waals surface area contributed by atoms with Crippen LogP contribution < -0.4 is 5.32 Å². The first-order valence-corrected chi connectivity index (χ1v) is 7.13. The van der Waals surface area contributed by atoms with Crippen LogP contribution in [0.3, 0.4) is 0 Å². The Morgan fingerprint density at radius 3 is 2.58 bits per heavy atom. The van der Waals surface area contributed by atoms with E-state index >= 15 is 0 Å². The maximum Gasteiger partial charge on any atom is 0.231 e. The Morgan fingerprint density at radius 1 is 1.32 bits per heavy atom. The average Bonchev–Trinajstić information content (AvgIpc) is 2.99. The average molecular weight is 267 g/mol. The van der Waals surface area contributed by atoms with E-state index in [9.17, 15) is 0 Å². The van der Waals surface area contributed by atoms with Crippen molar-refractivity contribution in [2.24, 2.45) is 5.92 Å². The first-order chi connectivity index (χ1) is 8.98. The summed E-state index contributed by atoms with van der Waals surface area (Å²) in [6.07, 6.45) is 2.01. The maximum absolute atomic E-state index is 5.77. The van der Waals surface area contributed by atoms with Gasteiger partial charge in [-0.25, -0.2) is 0 Å². The summed E-state index contributed by atoms with van der Waals surface area (Å²) >= 11 is 0. The van der Waals surface area contributed by atoms with Crippen molar-refractivity contribution in [1.82, 2.24) is 15.5 Å². The third-order valence-corrected chi connectivity index (χ3v) is 4.13. The van der Waals surface area contributed by atoms with Crippen LogP contribution in [0.5, 0.6) is 0 Å². The molecule has 5 nitrogen and oxygen atoms in total. The maximum atomic E-state index is 5.77. The number of nitrogens with zero attached hydrogens (tertiary/aromatic N) is 2. The van der Waals surface area contributed by atoms with Gasteiger partial charge in [0.05, 0.1) is 5.92 Å². The van der Waals surface area contributed by atoms with Crippen molar-refractivity contribution in [1.29, 1.82) is 0 Å². The lowest BCUT2D eigenvalue weighted by Crippen LogP contribution is -2.32.